The summed E-state index contributed by atoms with van der Waals surface area (Å²) in [7, 11) is 0. The lowest BCUT2D eigenvalue weighted by molar-refractivity contribution is 0.668. The summed E-state index contributed by atoms with van der Waals surface area (Å²) in [4.78, 5) is 0. The third-order valence-corrected chi connectivity index (χ3v) is 11.8. The van der Waals surface area contributed by atoms with Gasteiger partial charge in [0.15, 0.2) is 0 Å². The lowest BCUT2D eigenvalue weighted by Gasteiger charge is -2.12. The molecule has 12 rings (SSSR count). The summed E-state index contributed by atoms with van der Waals surface area (Å²) in [6.45, 7) is 6.41. The highest BCUT2D eigenvalue weighted by atomic mass is 16.3. The highest BCUT2D eigenvalue weighted by Crippen LogP contribution is 2.39. The van der Waals surface area contributed by atoms with Crippen LogP contribution in [0, 0.1) is 20.8 Å². The number of rotatable bonds is 3. The van der Waals surface area contributed by atoms with E-state index < -0.39 is 0 Å². The van der Waals surface area contributed by atoms with E-state index in [9.17, 15) is 0 Å². The molecule has 0 aliphatic carbocycles. The highest BCUT2D eigenvalue weighted by molar-refractivity contribution is 6.11. The largest absolute Gasteiger partial charge is 0.456 e. The first-order valence-corrected chi connectivity index (χ1v) is 21.0. The van der Waals surface area contributed by atoms with Crippen LogP contribution in [0.5, 0.6) is 0 Å². The second-order valence-corrected chi connectivity index (χ2v) is 15.9. The van der Waals surface area contributed by atoms with Crippen LogP contribution in [-0.2, 0) is 0 Å². The predicted molar refractivity (Wildman–Crippen MR) is 261 cm³/mol. The van der Waals surface area contributed by atoms with Crippen molar-refractivity contribution in [3.63, 3.8) is 0 Å². The van der Waals surface area contributed by atoms with Crippen molar-refractivity contribution >= 4 is 65.3 Å². The predicted octanol–water partition coefficient (Wildman–Crippen LogP) is 16.6. The molecule has 12 aromatic rings. The first-order chi connectivity index (χ1) is 30.0. The van der Waals surface area contributed by atoms with E-state index in [0.717, 1.165) is 27.6 Å². The Labute approximate surface area is 356 Å². The van der Waals surface area contributed by atoms with E-state index in [-0.39, 0.29) is 0 Å². The van der Waals surface area contributed by atoms with Crippen molar-refractivity contribution in [2.24, 2.45) is 0 Å². The van der Waals surface area contributed by atoms with Gasteiger partial charge in [-0.3, -0.25) is 0 Å². The molecular weight excluding hydrogens is 739 g/mol. The third-order valence-electron chi connectivity index (χ3n) is 11.8. The van der Waals surface area contributed by atoms with Crippen molar-refractivity contribution in [1.29, 1.82) is 0 Å². The zero-order chi connectivity index (χ0) is 41.3. The molecule has 0 saturated heterocycles. The normalized spacial score (nSPS) is 11.2. The number of benzene rings is 10. The average Bonchev–Trinajstić information content (AvgIpc) is 3.84. The first-order valence-electron chi connectivity index (χ1n) is 21.0. The molecule has 0 aliphatic heterocycles. The maximum absolute atomic E-state index is 6.27. The van der Waals surface area contributed by atoms with Crippen LogP contribution in [0.3, 0.4) is 0 Å². The maximum atomic E-state index is 6.27. The van der Waals surface area contributed by atoms with Gasteiger partial charge >= 0.3 is 0 Å². The van der Waals surface area contributed by atoms with E-state index in [1.807, 2.05) is 12.1 Å². The highest BCUT2D eigenvalue weighted by Gasteiger charge is 2.16. The van der Waals surface area contributed by atoms with Gasteiger partial charge in [-0.2, -0.15) is 0 Å². The Morgan fingerprint density at radius 3 is 1.72 bits per heavy atom. The summed E-state index contributed by atoms with van der Waals surface area (Å²) in [5, 5.41) is 10.1. The van der Waals surface area contributed by atoms with Crippen LogP contribution in [-0.4, -0.2) is 4.57 Å². The Morgan fingerprint density at radius 1 is 0.328 bits per heavy atom. The summed E-state index contributed by atoms with van der Waals surface area (Å²) in [6, 6.07) is 77.5. The lowest BCUT2D eigenvalue weighted by atomic mass is 9.93. The summed E-state index contributed by atoms with van der Waals surface area (Å²) in [5.41, 5.74) is 14.1. The molecule has 292 valence electrons. The summed E-state index contributed by atoms with van der Waals surface area (Å²) < 4.78 is 8.64. The average molecular weight is 784 g/mol. The van der Waals surface area contributed by atoms with Gasteiger partial charge in [0.25, 0.3) is 0 Å². The minimum atomic E-state index is 0.903. The van der Waals surface area contributed by atoms with E-state index in [1.165, 1.54) is 82.3 Å². The number of aryl methyl sites for hydroxylation is 3. The van der Waals surface area contributed by atoms with Crippen molar-refractivity contribution < 1.29 is 4.42 Å². The molecule has 2 aromatic heterocycles. The number of hydrogen-bond donors (Lipinski definition) is 0. The zero-order valence-corrected chi connectivity index (χ0v) is 34.6. The summed E-state index contributed by atoms with van der Waals surface area (Å²) >= 11 is 0. The van der Waals surface area contributed by atoms with Gasteiger partial charge in [0.05, 0.1) is 11.0 Å². The molecule has 0 fully saturated rings. The summed E-state index contributed by atoms with van der Waals surface area (Å²) in [6.07, 6.45) is 0. The smallest absolute Gasteiger partial charge is 0.137 e. The van der Waals surface area contributed by atoms with E-state index in [1.54, 1.807) is 0 Å². The van der Waals surface area contributed by atoms with Crippen molar-refractivity contribution in [3.05, 3.63) is 235 Å². The van der Waals surface area contributed by atoms with E-state index in [0.29, 0.717) is 0 Å². The van der Waals surface area contributed by atoms with Crippen LogP contribution < -0.4 is 0 Å². The van der Waals surface area contributed by atoms with Crippen LogP contribution in [0.4, 0.5) is 0 Å². The van der Waals surface area contributed by atoms with Gasteiger partial charge in [0.1, 0.15) is 11.2 Å². The minimum absolute atomic E-state index is 0.903. The topological polar surface area (TPSA) is 18.1 Å². The molecule has 61 heavy (non-hydrogen) atoms. The number of furan rings is 1. The monoisotopic (exact) mass is 783 g/mol. The Kier molecular flexibility index (Phi) is 9.96. The Balaban J connectivity index is 0.000000164. The minimum Gasteiger partial charge on any atom is -0.456 e. The Morgan fingerprint density at radius 2 is 0.918 bits per heavy atom. The number of hydrogen-bond acceptors (Lipinski definition) is 1. The van der Waals surface area contributed by atoms with Gasteiger partial charge in [0.2, 0.25) is 0 Å². The van der Waals surface area contributed by atoms with E-state index >= 15 is 0 Å². The maximum Gasteiger partial charge on any atom is 0.137 e. The van der Waals surface area contributed by atoms with Crippen LogP contribution >= 0.6 is 0 Å². The molecule has 0 aliphatic rings. The fourth-order valence-electron chi connectivity index (χ4n) is 8.77. The first kappa shape index (κ1) is 37.6. The molecular formula is C59H45NO. The fourth-order valence-corrected chi connectivity index (χ4v) is 8.77. The molecule has 0 amide bonds. The van der Waals surface area contributed by atoms with Gasteiger partial charge in [0, 0.05) is 33.3 Å². The number of aromatic nitrogens is 1. The zero-order valence-electron chi connectivity index (χ0n) is 34.6. The van der Waals surface area contributed by atoms with Gasteiger partial charge < -0.3 is 8.98 Å². The molecule has 0 unspecified atom stereocenters. The summed E-state index contributed by atoms with van der Waals surface area (Å²) in [5.74, 6) is 0. The lowest BCUT2D eigenvalue weighted by Crippen LogP contribution is -1.94. The molecule has 0 atom stereocenters. The molecule has 0 spiro atoms. The number of nitrogens with zero attached hydrogens (tertiary/aromatic N) is 1. The second kappa shape index (κ2) is 16.2. The Hall–Kier alpha value is -7.68. The van der Waals surface area contributed by atoms with E-state index in [4.69, 9.17) is 4.42 Å². The molecule has 0 bridgehead atoms. The molecule has 2 nitrogen and oxygen atoms in total. The SMILES string of the molecule is Cc1ccc2ccccc2c1.Cc1cccc(-c2ccccc2-c2ccc3c4ccccc4n(-c4ccc5c(c4)oc4ccccc45)c3c2)c1.Cc1cccc2ccccc12. The third kappa shape index (κ3) is 7.34. The number of fused-ring (bicyclic) bond motifs is 8. The van der Waals surface area contributed by atoms with Gasteiger partial charge in [-0.05, 0) is 100 Å². The van der Waals surface area contributed by atoms with Crippen LogP contribution in [0.2, 0.25) is 0 Å². The van der Waals surface area contributed by atoms with Crippen LogP contribution in [0.1, 0.15) is 16.7 Å². The second-order valence-electron chi connectivity index (χ2n) is 15.9. The number of para-hydroxylation sites is 2. The fraction of sp³-hybridized carbons (Fsp3) is 0.0508. The molecule has 2 heteroatoms. The van der Waals surface area contributed by atoms with Gasteiger partial charge in [-0.15, -0.1) is 0 Å². The quantitative estimate of drug-likeness (QED) is 0.175. The van der Waals surface area contributed by atoms with Crippen LogP contribution in [0.15, 0.2) is 223 Å². The van der Waals surface area contributed by atoms with Gasteiger partial charge in [-0.1, -0.05) is 193 Å². The van der Waals surface area contributed by atoms with E-state index in [2.05, 4.69) is 232 Å². The van der Waals surface area contributed by atoms with Crippen LogP contribution in [0.25, 0.3) is 93.2 Å². The molecule has 2 heterocycles. The van der Waals surface area contributed by atoms with Crippen molar-refractivity contribution in [3.8, 4) is 27.9 Å². The molecule has 10 aromatic carbocycles. The van der Waals surface area contributed by atoms with Crippen molar-refractivity contribution in [1.82, 2.24) is 4.57 Å². The Bertz CT molecular complexity index is 3520. The van der Waals surface area contributed by atoms with Crippen molar-refractivity contribution in [2.75, 3.05) is 0 Å². The van der Waals surface area contributed by atoms with Crippen molar-refractivity contribution in [2.45, 2.75) is 20.8 Å². The van der Waals surface area contributed by atoms with Gasteiger partial charge in [-0.25, -0.2) is 0 Å². The molecule has 0 N–H and O–H groups in total. The standard InChI is InChI=1S/C37H25NO.2C11H10/c1-24-9-8-10-25(21-24)28-11-2-3-12-29(28)26-17-19-31-30-13-4-6-15-34(30)38(35(31)22-26)27-18-20-33-32-14-5-7-16-36(32)39-37(33)23-27;1-9-5-4-7-10-6-2-3-8-11(9)10;1-9-6-7-10-4-2-3-5-11(10)8-9/h2-23H,1H3;2*2-8H,1H3. The molecule has 0 saturated carbocycles. The molecule has 0 radical (unpaired) electrons.